The van der Waals surface area contributed by atoms with Crippen LogP contribution in [-0.2, 0) is 4.74 Å². The summed E-state index contributed by atoms with van der Waals surface area (Å²) in [7, 11) is 0. The molecule has 1 aromatic carbocycles. The van der Waals surface area contributed by atoms with Crippen LogP contribution >= 0.6 is 0 Å². The Hall–Kier alpha value is -3.04. The highest BCUT2D eigenvalue weighted by Crippen LogP contribution is 2.42. The van der Waals surface area contributed by atoms with E-state index in [0.29, 0.717) is 23.7 Å². The molecule has 0 amide bonds. The van der Waals surface area contributed by atoms with Crippen LogP contribution in [0.25, 0.3) is 5.82 Å². The van der Waals surface area contributed by atoms with Gasteiger partial charge in [-0.25, -0.2) is 14.6 Å². The van der Waals surface area contributed by atoms with E-state index in [2.05, 4.69) is 53.4 Å². The molecule has 9 nitrogen and oxygen atoms in total. The van der Waals surface area contributed by atoms with Gasteiger partial charge in [0.2, 0.25) is 5.95 Å². The Kier molecular flexibility index (Phi) is 4.99. The third kappa shape index (κ3) is 4.05. The summed E-state index contributed by atoms with van der Waals surface area (Å²) in [6, 6.07) is 9.36. The SMILES string of the molecule is Cc1cc(-n2cnc(Nc3cc(C4CC4)cc(N4CCN(C5COC5)CC4)c3)n2)ncn1. The van der Waals surface area contributed by atoms with Crippen LogP contribution in [0.3, 0.4) is 0 Å². The summed E-state index contributed by atoms with van der Waals surface area (Å²) in [5, 5.41) is 7.98. The average molecular weight is 433 g/mol. The number of aryl methyl sites for hydroxylation is 1. The fourth-order valence-corrected chi connectivity index (χ4v) is 4.45. The molecule has 3 aromatic rings. The summed E-state index contributed by atoms with van der Waals surface area (Å²) in [6.07, 6.45) is 5.78. The van der Waals surface area contributed by atoms with Gasteiger partial charge in [0.25, 0.3) is 0 Å². The van der Waals surface area contributed by atoms with E-state index >= 15 is 0 Å². The fraction of sp³-hybridized carbons (Fsp3) is 0.478. The maximum Gasteiger partial charge on any atom is 0.247 e. The lowest BCUT2D eigenvalue weighted by atomic mass is 10.1. The Morgan fingerprint density at radius 2 is 1.81 bits per heavy atom. The lowest BCUT2D eigenvalue weighted by Crippen LogP contribution is -2.56. The van der Waals surface area contributed by atoms with E-state index in [0.717, 1.165) is 50.8 Å². The number of hydrogen-bond donors (Lipinski definition) is 1. The zero-order valence-corrected chi connectivity index (χ0v) is 18.3. The number of anilines is 3. The Morgan fingerprint density at radius 1 is 0.969 bits per heavy atom. The number of ether oxygens (including phenoxy) is 1. The molecule has 6 rings (SSSR count). The minimum Gasteiger partial charge on any atom is -0.378 e. The third-order valence-electron chi connectivity index (χ3n) is 6.58. The maximum atomic E-state index is 5.37. The van der Waals surface area contributed by atoms with Gasteiger partial charge < -0.3 is 15.0 Å². The van der Waals surface area contributed by atoms with E-state index < -0.39 is 0 Å². The lowest BCUT2D eigenvalue weighted by Gasteiger charge is -2.43. The predicted octanol–water partition coefficient (Wildman–Crippen LogP) is 2.51. The third-order valence-corrected chi connectivity index (χ3v) is 6.58. The molecule has 1 N–H and O–H groups in total. The largest absolute Gasteiger partial charge is 0.378 e. The fourth-order valence-electron chi connectivity index (χ4n) is 4.45. The lowest BCUT2D eigenvalue weighted by molar-refractivity contribution is -0.0660. The Bertz CT molecular complexity index is 1100. The Morgan fingerprint density at radius 3 is 2.53 bits per heavy atom. The summed E-state index contributed by atoms with van der Waals surface area (Å²) in [5.41, 5.74) is 4.63. The van der Waals surface area contributed by atoms with Crippen molar-refractivity contribution in [3.63, 3.8) is 0 Å². The summed E-state index contributed by atoms with van der Waals surface area (Å²) >= 11 is 0. The molecule has 4 heterocycles. The Balaban J connectivity index is 1.20. The first kappa shape index (κ1) is 19.6. The monoisotopic (exact) mass is 432 g/mol. The molecule has 0 bridgehead atoms. The molecule has 1 saturated carbocycles. The van der Waals surface area contributed by atoms with Crippen molar-refractivity contribution in [1.29, 1.82) is 0 Å². The smallest absolute Gasteiger partial charge is 0.247 e. The minimum absolute atomic E-state index is 0.565. The minimum atomic E-state index is 0.565. The van der Waals surface area contributed by atoms with Crippen molar-refractivity contribution in [3.05, 3.63) is 48.2 Å². The van der Waals surface area contributed by atoms with Gasteiger partial charge in [0.15, 0.2) is 5.82 Å². The molecule has 32 heavy (non-hydrogen) atoms. The number of nitrogens with zero attached hydrogens (tertiary/aromatic N) is 7. The van der Waals surface area contributed by atoms with Crippen molar-refractivity contribution in [2.75, 3.05) is 49.6 Å². The van der Waals surface area contributed by atoms with Crippen molar-refractivity contribution in [3.8, 4) is 5.82 Å². The van der Waals surface area contributed by atoms with Crippen LogP contribution in [0.1, 0.15) is 30.0 Å². The van der Waals surface area contributed by atoms with Crippen LogP contribution in [0.4, 0.5) is 17.3 Å². The molecule has 3 fully saturated rings. The summed E-state index contributed by atoms with van der Waals surface area (Å²) in [4.78, 5) is 17.9. The molecular weight excluding hydrogens is 404 g/mol. The second-order valence-corrected chi connectivity index (χ2v) is 8.96. The van der Waals surface area contributed by atoms with Gasteiger partial charge >= 0.3 is 0 Å². The summed E-state index contributed by atoms with van der Waals surface area (Å²) in [6.45, 7) is 7.99. The standard InChI is InChI=1S/C23H28N8O/c1-16-8-22(25-14-24-16)31-15-26-23(28-31)27-19-9-18(17-2-3-17)10-20(11-19)29-4-6-30(7-5-29)21-12-32-13-21/h8-11,14-15,17,21H,2-7,12-13H2,1H3,(H,27,28). The topological polar surface area (TPSA) is 84.2 Å². The van der Waals surface area contributed by atoms with Crippen LogP contribution in [-0.4, -0.2) is 75.1 Å². The van der Waals surface area contributed by atoms with Crippen molar-refractivity contribution < 1.29 is 4.74 Å². The van der Waals surface area contributed by atoms with Gasteiger partial charge in [-0.1, -0.05) is 0 Å². The molecule has 0 spiro atoms. The number of rotatable bonds is 6. The van der Waals surface area contributed by atoms with E-state index in [4.69, 9.17) is 4.74 Å². The molecule has 2 saturated heterocycles. The van der Waals surface area contributed by atoms with E-state index in [9.17, 15) is 0 Å². The number of aromatic nitrogens is 5. The highest BCUT2D eigenvalue weighted by Gasteiger charge is 2.30. The molecule has 0 unspecified atom stereocenters. The molecule has 1 aliphatic carbocycles. The first-order chi connectivity index (χ1) is 15.7. The average Bonchev–Trinajstić information content (AvgIpc) is 3.52. The molecule has 0 atom stereocenters. The van der Waals surface area contributed by atoms with E-state index in [1.807, 2.05) is 13.0 Å². The zero-order valence-electron chi connectivity index (χ0n) is 18.3. The van der Waals surface area contributed by atoms with Crippen molar-refractivity contribution in [1.82, 2.24) is 29.6 Å². The number of piperazine rings is 1. The van der Waals surface area contributed by atoms with Gasteiger partial charge in [-0.3, -0.25) is 4.90 Å². The van der Waals surface area contributed by atoms with Crippen molar-refractivity contribution >= 4 is 17.3 Å². The second-order valence-electron chi connectivity index (χ2n) is 8.96. The number of nitrogens with one attached hydrogen (secondary N) is 1. The molecule has 9 heteroatoms. The van der Waals surface area contributed by atoms with Gasteiger partial charge in [0.1, 0.15) is 12.7 Å². The van der Waals surface area contributed by atoms with E-state index in [-0.39, 0.29) is 0 Å². The van der Waals surface area contributed by atoms with Gasteiger partial charge in [-0.2, -0.15) is 4.98 Å². The normalized spacial score (nSPS) is 19.7. The van der Waals surface area contributed by atoms with Crippen LogP contribution in [0.2, 0.25) is 0 Å². The van der Waals surface area contributed by atoms with Gasteiger partial charge in [0.05, 0.1) is 19.3 Å². The van der Waals surface area contributed by atoms with E-state index in [1.54, 1.807) is 17.3 Å². The second kappa shape index (κ2) is 8.14. The van der Waals surface area contributed by atoms with Gasteiger partial charge in [-0.15, -0.1) is 5.10 Å². The highest BCUT2D eigenvalue weighted by atomic mass is 16.5. The number of benzene rings is 1. The first-order valence-electron chi connectivity index (χ1n) is 11.4. The quantitative estimate of drug-likeness (QED) is 0.636. The number of hydrogen-bond acceptors (Lipinski definition) is 8. The van der Waals surface area contributed by atoms with Gasteiger partial charge in [-0.05, 0) is 49.4 Å². The summed E-state index contributed by atoms with van der Waals surface area (Å²) < 4.78 is 7.05. The van der Waals surface area contributed by atoms with Crippen molar-refractivity contribution in [2.45, 2.75) is 31.7 Å². The highest BCUT2D eigenvalue weighted by molar-refractivity contribution is 5.65. The zero-order chi connectivity index (χ0) is 21.5. The molecule has 2 aromatic heterocycles. The molecule has 3 aliphatic rings. The van der Waals surface area contributed by atoms with Crippen LogP contribution < -0.4 is 10.2 Å². The molecular formula is C23H28N8O. The predicted molar refractivity (Wildman–Crippen MR) is 122 cm³/mol. The first-order valence-corrected chi connectivity index (χ1v) is 11.4. The van der Waals surface area contributed by atoms with Gasteiger partial charge in [0, 0.05) is 49.3 Å². The van der Waals surface area contributed by atoms with Crippen LogP contribution in [0.15, 0.2) is 36.9 Å². The van der Waals surface area contributed by atoms with Crippen LogP contribution in [0.5, 0.6) is 0 Å². The molecule has 2 aliphatic heterocycles. The van der Waals surface area contributed by atoms with Crippen molar-refractivity contribution in [2.24, 2.45) is 0 Å². The van der Waals surface area contributed by atoms with Crippen LogP contribution in [0, 0.1) is 6.92 Å². The Labute approximate surface area is 187 Å². The molecule has 0 radical (unpaired) electrons. The van der Waals surface area contributed by atoms with E-state index in [1.165, 1.54) is 24.1 Å². The molecule has 166 valence electrons. The maximum absolute atomic E-state index is 5.37. The summed E-state index contributed by atoms with van der Waals surface area (Å²) in [5.74, 6) is 1.95.